The molecule has 2 amide bonds. The number of hydrogen-bond donors (Lipinski definition) is 1. The molecule has 5 nitrogen and oxygen atoms in total. The molecule has 1 aromatic heterocycles. The van der Waals surface area contributed by atoms with Crippen molar-refractivity contribution in [2.75, 3.05) is 38.0 Å². The van der Waals surface area contributed by atoms with Crippen LogP contribution in [0.5, 0.6) is 0 Å². The fourth-order valence-electron chi connectivity index (χ4n) is 2.78. The van der Waals surface area contributed by atoms with E-state index in [-0.39, 0.29) is 18.4 Å². The molecule has 1 saturated heterocycles. The number of benzene rings is 1. The highest BCUT2D eigenvalue weighted by Gasteiger charge is 2.25. The number of hydrogen-bond acceptors (Lipinski definition) is 4. The van der Waals surface area contributed by atoms with Gasteiger partial charge in [0.15, 0.2) is 0 Å². The van der Waals surface area contributed by atoms with Crippen molar-refractivity contribution in [2.24, 2.45) is 0 Å². The van der Waals surface area contributed by atoms with Gasteiger partial charge in [-0.25, -0.2) is 0 Å². The van der Waals surface area contributed by atoms with Crippen LogP contribution in [-0.2, 0) is 4.79 Å². The van der Waals surface area contributed by atoms with Gasteiger partial charge in [-0.1, -0.05) is 23.7 Å². The van der Waals surface area contributed by atoms with E-state index in [9.17, 15) is 9.59 Å². The molecule has 132 valence electrons. The van der Waals surface area contributed by atoms with Crippen LogP contribution >= 0.6 is 22.9 Å². The lowest BCUT2D eigenvalue weighted by molar-refractivity contribution is -0.130. The summed E-state index contributed by atoms with van der Waals surface area (Å²) >= 11 is 7.44. The predicted molar refractivity (Wildman–Crippen MR) is 101 cm³/mol. The highest BCUT2D eigenvalue weighted by atomic mass is 35.5. The molecule has 0 aliphatic carbocycles. The summed E-state index contributed by atoms with van der Waals surface area (Å²) in [4.78, 5) is 29.1. The summed E-state index contributed by atoms with van der Waals surface area (Å²) in [6.45, 7) is 4.45. The fraction of sp³-hybridized carbons (Fsp3) is 0.333. The minimum atomic E-state index is 0.0302. The van der Waals surface area contributed by atoms with E-state index in [1.54, 1.807) is 4.90 Å². The third-order valence-electron chi connectivity index (χ3n) is 4.28. The zero-order valence-corrected chi connectivity index (χ0v) is 15.6. The van der Waals surface area contributed by atoms with E-state index in [4.69, 9.17) is 11.6 Å². The van der Waals surface area contributed by atoms with Gasteiger partial charge in [-0.2, -0.15) is 0 Å². The maximum absolute atomic E-state index is 12.4. The molecule has 1 aliphatic heterocycles. The van der Waals surface area contributed by atoms with Crippen LogP contribution in [0, 0.1) is 6.92 Å². The van der Waals surface area contributed by atoms with Crippen molar-refractivity contribution < 1.29 is 9.59 Å². The molecule has 0 unspecified atom stereocenters. The summed E-state index contributed by atoms with van der Waals surface area (Å²) in [5.41, 5.74) is 1.91. The Balaban J connectivity index is 1.50. The van der Waals surface area contributed by atoms with E-state index in [1.165, 1.54) is 11.3 Å². The molecule has 3 rings (SSSR count). The maximum atomic E-state index is 12.4. The molecule has 0 saturated carbocycles. The number of aryl methyl sites for hydroxylation is 1. The van der Waals surface area contributed by atoms with Gasteiger partial charge >= 0.3 is 0 Å². The lowest BCUT2D eigenvalue weighted by atomic mass is 10.2. The Morgan fingerprint density at radius 3 is 2.56 bits per heavy atom. The zero-order chi connectivity index (χ0) is 17.8. The second-order valence-electron chi connectivity index (χ2n) is 5.96. The summed E-state index contributed by atoms with van der Waals surface area (Å²) in [5, 5.41) is 5.69. The van der Waals surface area contributed by atoms with Crippen molar-refractivity contribution in [1.29, 1.82) is 0 Å². The normalized spacial score (nSPS) is 14.5. The van der Waals surface area contributed by atoms with Gasteiger partial charge in [-0.15, -0.1) is 11.3 Å². The molecule has 1 N–H and O–H groups in total. The summed E-state index contributed by atoms with van der Waals surface area (Å²) in [5.74, 6) is 0.0809. The minimum Gasteiger partial charge on any atom is -0.376 e. The number of nitrogens with zero attached hydrogens (tertiary/aromatic N) is 2. The molecular weight excluding hydrogens is 358 g/mol. The smallest absolute Gasteiger partial charge is 0.264 e. The standard InChI is InChI=1S/C18H20ClN3O2S/c1-13-4-5-14(19)11-15(13)20-12-17(23)21-6-8-22(9-7-21)18(24)16-3-2-10-25-16/h2-5,10-11,20H,6-9,12H2,1H3. The quantitative estimate of drug-likeness (QED) is 0.890. The topological polar surface area (TPSA) is 52.7 Å². The molecule has 2 heterocycles. The number of carbonyl (C=O) groups is 2. The van der Waals surface area contributed by atoms with E-state index in [2.05, 4.69) is 5.32 Å². The van der Waals surface area contributed by atoms with Crippen LogP contribution in [0.25, 0.3) is 0 Å². The number of thiophene rings is 1. The molecule has 25 heavy (non-hydrogen) atoms. The van der Waals surface area contributed by atoms with Gasteiger partial charge < -0.3 is 15.1 Å². The van der Waals surface area contributed by atoms with Gasteiger partial charge in [0, 0.05) is 36.9 Å². The van der Waals surface area contributed by atoms with Gasteiger partial charge in [0.05, 0.1) is 11.4 Å². The molecule has 1 aromatic carbocycles. The first kappa shape index (κ1) is 17.8. The van der Waals surface area contributed by atoms with Gasteiger partial charge in [0.2, 0.25) is 5.91 Å². The maximum Gasteiger partial charge on any atom is 0.264 e. The van der Waals surface area contributed by atoms with E-state index < -0.39 is 0 Å². The van der Waals surface area contributed by atoms with Crippen LogP contribution in [0.15, 0.2) is 35.7 Å². The number of rotatable bonds is 4. The first-order valence-corrected chi connectivity index (χ1v) is 9.41. The third-order valence-corrected chi connectivity index (χ3v) is 5.37. The Morgan fingerprint density at radius 2 is 1.88 bits per heavy atom. The largest absolute Gasteiger partial charge is 0.376 e. The number of anilines is 1. The number of amides is 2. The molecule has 1 aliphatic rings. The van der Waals surface area contributed by atoms with Gasteiger partial charge in [-0.05, 0) is 36.1 Å². The Morgan fingerprint density at radius 1 is 1.16 bits per heavy atom. The van der Waals surface area contributed by atoms with Crippen molar-refractivity contribution in [3.63, 3.8) is 0 Å². The Bertz CT molecular complexity index is 756. The van der Waals surface area contributed by atoms with Crippen LogP contribution in [0.3, 0.4) is 0 Å². The van der Waals surface area contributed by atoms with Crippen LogP contribution in [0.4, 0.5) is 5.69 Å². The Hall–Kier alpha value is -2.05. The summed E-state index contributed by atoms with van der Waals surface area (Å²) in [6.07, 6.45) is 0. The molecular formula is C18H20ClN3O2S. The Labute approximate surface area is 156 Å². The summed E-state index contributed by atoms with van der Waals surface area (Å²) in [7, 11) is 0. The number of nitrogens with one attached hydrogen (secondary N) is 1. The SMILES string of the molecule is Cc1ccc(Cl)cc1NCC(=O)N1CCN(C(=O)c2cccs2)CC1. The second-order valence-corrected chi connectivity index (χ2v) is 7.35. The van der Waals surface area contributed by atoms with Gasteiger partial charge in [0.25, 0.3) is 5.91 Å². The first-order chi connectivity index (χ1) is 12.0. The van der Waals surface area contributed by atoms with Gasteiger partial charge in [0.1, 0.15) is 0 Å². The van der Waals surface area contributed by atoms with Crippen molar-refractivity contribution >= 4 is 40.4 Å². The molecule has 0 radical (unpaired) electrons. The van der Waals surface area contributed by atoms with Crippen molar-refractivity contribution in [3.05, 3.63) is 51.2 Å². The molecule has 0 atom stereocenters. The summed E-state index contributed by atoms with van der Waals surface area (Å²) < 4.78 is 0. The van der Waals surface area contributed by atoms with E-state index in [0.29, 0.717) is 31.2 Å². The minimum absolute atomic E-state index is 0.0302. The van der Waals surface area contributed by atoms with Crippen molar-refractivity contribution in [3.8, 4) is 0 Å². The van der Waals surface area contributed by atoms with Crippen LogP contribution in [-0.4, -0.2) is 54.3 Å². The zero-order valence-electron chi connectivity index (χ0n) is 14.0. The molecule has 0 bridgehead atoms. The second kappa shape index (κ2) is 7.89. The van der Waals surface area contributed by atoms with Crippen LogP contribution in [0.1, 0.15) is 15.2 Å². The van der Waals surface area contributed by atoms with E-state index in [1.807, 2.05) is 47.5 Å². The van der Waals surface area contributed by atoms with Crippen LogP contribution < -0.4 is 5.32 Å². The lowest BCUT2D eigenvalue weighted by Gasteiger charge is -2.34. The highest BCUT2D eigenvalue weighted by molar-refractivity contribution is 7.12. The molecule has 7 heteroatoms. The molecule has 1 fully saturated rings. The average Bonchev–Trinajstić information content (AvgIpc) is 3.16. The number of halogens is 1. The molecule has 0 spiro atoms. The van der Waals surface area contributed by atoms with E-state index >= 15 is 0 Å². The van der Waals surface area contributed by atoms with Crippen molar-refractivity contribution in [2.45, 2.75) is 6.92 Å². The predicted octanol–water partition coefficient (Wildman–Crippen LogP) is 3.11. The summed E-state index contributed by atoms with van der Waals surface area (Å²) in [6, 6.07) is 9.28. The van der Waals surface area contributed by atoms with Crippen LogP contribution in [0.2, 0.25) is 5.02 Å². The van der Waals surface area contributed by atoms with Gasteiger partial charge in [-0.3, -0.25) is 9.59 Å². The highest BCUT2D eigenvalue weighted by Crippen LogP contribution is 2.20. The van der Waals surface area contributed by atoms with E-state index in [0.717, 1.165) is 16.1 Å². The monoisotopic (exact) mass is 377 g/mol. The average molecular weight is 378 g/mol. The Kier molecular flexibility index (Phi) is 5.60. The lowest BCUT2D eigenvalue weighted by Crippen LogP contribution is -2.51. The number of piperazine rings is 1. The third kappa shape index (κ3) is 4.32. The van der Waals surface area contributed by atoms with Crippen molar-refractivity contribution in [1.82, 2.24) is 9.80 Å². The number of carbonyl (C=O) groups excluding carboxylic acids is 2. The first-order valence-electron chi connectivity index (χ1n) is 8.15. The molecule has 2 aromatic rings. The fourth-order valence-corrected chi connectivity index (χ4v) is 3.65.